The summed E-state index contributed by atoms with van der Waals surface area (Å²) in [6.45, 7) is 11.3. The molecule has 0 spiro atoms. The number of hydrogen-bond donors (Lipinski definition) is 1. The lowest BCUT2D eigenvalue weighted by Gasteiger charge is -2.19. The summed E-state index contributed by atoms with van der Waals surface area (Å²) in [5.41, 5.74) is -0.232. The van der Waals surface area contributed by atoms with Crippen LogP contribution in [0.2, 0.25) is 0 Å². The number of ether oxygens (including phenoxy) is 2. The Kier molecular flexibility index (Phi) is 8.81. The molecule has 0 fully saturated rings. The lowest BCUT2D eigenvalue weighted by Crippen LogP contribution is -2.34. The molecule has 2 heterocycles. The highest BCUT2D eigenvalue weighted by Gasteiger charge is 2.40. The maximum Gasteiger partial charge on any atom is 0.334 e. The maximum atomic E-state index is 12.3. The average molecular weight is 468 g/mol. The van der Waals surface area contributed by atoms with Crippen molar-refractivity contribution >= 4 is 46.0 Å². The number of methoxy groups -OCH3 is 1. The van der Waals surface area contributed by atoms with Crippen molar-refractivity contribution in [2.45, 2.75) is 52.3 Å². The molecule has 0 radical (unpaired) electrons. The lowest BCUT2D eigenvalue weighted by molar-refractivity contribution is -0.153. The number of thiazole rings is 1. The Bertz CT molecular complexity index is 867. The molecule has 1 aromatic rings. The Morgan fingerprint density at radius 2 is 2.06 bits per heavy atom. The fourth-order valence-electron chi connectivity index (χ4n) is 2.57. The van der Waals surface area contributed by atoms with Gasteiger partial charge in [-0.1, -0.05) is 33.4 Å². The van der Waals surface area contributed by atoms with Crippen molar-refractivity contribution in [2.75, 3.05) is 12.9 Å². The van der Waals surface area contributed by atoms with Gasteiger partial charge in [0, 0.05) is 11.1 Å². The van der Waals surface area contributed by atoms with Crippen molar-refractivity contribution in [1.82, 2.24) is 10.3 Å². The zero-order chi connectivity index (χ0) is 23.2. The topological polar surface area (TPSA) is 107 Å². The zero-order valence-corrected chi connectivity index (χ0v) is 20.1. The molecule has 31 heavy (non-hydrogen) atoms. The van der Waals surface area contributed by atoms with Gasteiger partial charge in [-0.15, -0.1) is 23.1 Å². The number of hydrogen-bond acceptors (Lipinski definition) is 9. The van der Waals surface area contributed by atoms with E-state index in [0.29, 0.717) is 21.5 Å². The Balaban J connectivity index is 1.89. The summed E-state index contributed by atoms with van der Waals surface area (Å²) in [6, 6.07) is 0. The van der Waals surface area contributed by atoms with Crippen LogP contribution in [0.3, 0.4) is 0 Å². The third-order valence-electron chi connectivity index (χ3n) is 4.96. The van der Waals surface area contributed by atoms with Gasteiger partial charge in [0.2, 0.25) is 5.91 Å². The van der Waals surface area contributed by atoms with Crippen molar-refractivity contribution in [3.63, 3.8) is 0 Å². The van der Waals surface area contributed by atoms with E-state index < -0.39 is 11.6 Å². The van der Waals surface area contributed by atoms with Crippen LogP contribution in [0.15, 0.2) is 23.0 Å². The second kappa shape index (κ2) is 10.9. The first-order valence-electron chi connectivity index (χ1n) is 9.95. The molecule has 10 heteroatoms. The van der Waals surface area contributed by atoms with Crippen molar-refractivity contribution in [2.24, 2.45) is 16.8 Å². The van der Waals surface area contributed by atoms with E-state index in [9.17, 15) is 14.4 Å². The standard InChI is InChI=1S/C21H29N3O5S2/c1-7-14(29-19(26)13(4)12(2)3)8-16(25)22-9-17-23-15(10-30-17)18-24-21(5,11-31-18)20(27)28-6/h7,10,12-14H,1,8-9,11H2,2-6H3,(H,22,25)/t13?,14-,21+/m1/s1. The number of nitrogens with one attached hydrogen (secondary N) is 1. The predicted molar refractivity (Wildman–Crippen MR) is 122 cm³/mol. The van der Waals surface area contributed by atoms with Gasteiger partial charge in [-0.05, 0) is 12.8 Å². The molecule has 1 aromatic heterocycles. The molecular formula is C21H29N3O5S2. The Morgan fingerprint density at radius 3 is 2.68 bits per heavy atom. The summed E-state index contributed by atoms with van der Waals surface area (Å²) < 4.78 is 10.2. The van der Waals surface area contributed by atoms with Gasteiger partial charge in [0.25, 0.3) is 0 Å². The monoisotopic (exact) mass is 467 g/mol. The first-order valence-corrected chi connectivity index (χ1v) is 11.8. The number of aromatic nitrogens is 1. The third-order valence-corrected chi connectivity index (χ3v) is 7.09. The van der Waals surface area contributed by atoms with Crippen LogP contribution in [-0.4, -0.2) is 52.4 Å². The van der Waals surface area contributed by atoms with E-state index in [2.05, 4.69) is 21.9 Å². The number of thioether (sulfide) groups is 1. The molecule has 1 N–H and O–H groups in total. The fourth-order valence-corrected chi connectivity index (χ4v) is 4.49. The van der Waals surface area contributed by atoms with Gasteiger partial charge >= 0.3 is 11.9 Å². The number of nitrogens with zero attached hydrogens (tertiary/aromatic N) is 2. The quantitative estimate of drug-likeness (QED) is 0.416. The number of carbonyl (C=O) groups is 3. The summed E-state index contributed by atoms with van der Waals surface area (Å²) in [5.74, 6) is -0.590. The van der Waals surface area contributed by atoms with E-state index in [4.69, 9.17) is 9.47 Å². The van der Waals surface area contributed by atoms with Crippen LogP contribution in [0.4, 0.5) is 0 Å². The van der Waals surface area contributed by atoms with E-state index in [1.54, 1.807) is 13.8 Å². The zero-order valence-electron chi connectivity index (χ0n) is 18.5. The Labute approximate surface area is 190 Å². The van der Waals surface area contributed by atoms with Crippen LogP contribution in [0.25, 0.3) is 0 Å². The van der Waals surface area contributed by atoms with Crippen LogP contribution in [0.1, 0.15) is 44.8 Å². The number of aliphatic imine (C=N–C) groups is 1. The van der Waals surface area contributed by atoms with Gasteiger partial charge in [0.15, 0.2) is 5.54 Å². The van der Waals surface area contributed by atoms with Crippen LogP contribution in [-0.2, 0) is 30.4 Å². The van der Waals surface area contributed by atoms with Gasteiger partial charge in [0.05, 0.1) is 26.0 Å². The minimum Gasteiger partial charge on any atom is -0.467 e. The molecular weight excluding hydrogens is 438 g/mol. The summed E-state index contributed by atoms with van der Waals surface area (Å²) in [7, 11) is 1.35. The Morgan fingerprint density at radius 1 is 1.35 bits per heavy atom. The van der Waals surface area contributed by atoms with Crippen LogP contribution >= 0.6 is 23.1 Å². The molecule has 0 aliphatic carbocycles. The van der Waals surface area contributed by atoms with Gasteiger partial charge in [-0.3, -0.25) is 14.6 Å². The van der Waals surface area contributed by atoms with Crippen molar-refractivity contribution < 1.29 is 23.9 Å². The van der Waals surface area contributed by atoms with E-state index in [1.165, 1.54) is 36.3 Å². The SMILES string of the molecule is C=C[C@H](CC(=O)NCc1nc(C2=N[C@](C)(C(=O)OC)CS2)cs1)OC(=O)C(C)C(C)C. The molecule has 1 amide bonds. The maximum absolute atomic E-state index is 12.3. The second-order valence-corrected chi connectivity index (χ2v) is 9.73. The minimum atomic E-state index is -0.906. The minimum absolute atomic E-state index is 0.00165. The first kappa shape index (κ1) is 25.1. The fraction of sp³-hybridized carbons (Fsp3) is 0.571. The van der Waals surface area contributed by atoms with Gasteiger partial charge in [-0.2, -0.15) is 0 Å². The van der Waals surface area contributed by atoms with E-state index in [0.717, 1.165) is 0 Å². The predicted octanol–water partition coefficient (Wildman–Crippen LogP) is 2.96. The van der Waals surface area contributed by atoms with Gasteiger partial charge in [-0.25, -0.2) is 9.78 Å². The van der Waals surface area contributed by atoms with Crippen molar-refractivity contribution in [1.29, 1.82) is 0 Å². The van der Waals surface area contributed by atoms with E-state index in [1.807, 2.05) is 19.2 Å². The molecule has 170 valence electrons. The number of esters is 2. The molecule has 1 aliphatic rings. The smallest absolute Gasteiger partial charge is 0.334 e. The molecule has 8 nitrogen and oxygen atoms in total. The molecule has 2 rings (SSSR count). The molecule has 0 bridgehead atoms. The molecule has 0 aromatic carbocycles. The molecule has 3 atom stereocenters. The third kappa shape index (κ3) is 6.64. The van der Waals surface area contributed by atoms with E-state index >= 15 is 0 Å². The highest BCUT2D eigenvalue weighted by molar-refractivity contribution is 8.14. The normalized spacial score (nSPS) is 20.0. The number of carbonyl (C=O) groups excluding carboxylic acids is 3. The summed E-state index contributed by atoms with van der Waals surface area (Å²) in [6.07, 6.45) is 0.777. The van der Waals surface area contributed by atoms with Gasteiger partial charge in [0.1, 0.15) is 21.8 Å². The molecule has 1 unspecified atom stereocenters. The number of rotatable bonds is 10. The van der Waals surface area contributed by atoms with E-state index in [-0.39, 0.29) is 42.6 Å². The largest absolute Gasteiger partial charge is 0.467 e. The first-order chi connectivity index (χ1) is 14.6. The van der Waals surface area contributed by atoms with Crippen LogP contribution < -0.4 is 5.32 Å². The van der Waals surface area contributed by atoms with Crippen molar-refractivity contribution in [3.8, 4) is 0 Å². The molecule has 1 aliphatic heterocycles. The lowest BCUT2D eigenvalue weighted by atomic mass is 9.98. The molecule has 0 saturated carbocycles. The number of amides is 1. The summed E-state index contributed by atoms with van der Waals surface area (Å²) >= 11 is 2.84. The summed E-state index contributed by atoms with van der Waals surface area (Å²) in [5, 5.41) is 6.02. The van der Waals surface area contributed by atoms with Crippen LogP contribution in [0, 0.1) is 11.8 Å². The summed E-state index contributed by atoms with van der Waals surface area (Å²) in [4.78, 5) is 45.2. The second-order valence-electron chi connectivity index (χ2n) is 7.82. The average Bonchev–Trinajstić information content (AvgIpc) is 3.37. The Hall–Kier alpha value is -2.20. The molecule has 0 saturated heterocycles. The highest BCUT2D eigenvalue weighted by atomic mass is 32.2. The highest BCUT2D eigenvalue weighted by Crippen LogP contribution is 2.32. The van der Waals surface area contributed by atoms with Gasteiger partial charge < -0.3 is 14.8 Å². The van der Waals surface area contributed by atoms with Crippen LogP contribution in [0.5, 0.6) is 0 Å². The van der Waals surface area contributed by atoms with Crippen molar-refractivity contribution in [3.05, 3.63) is 28.7 Å².